The molecule has 3 heterocycles. The van der Waals surface area contributed by atoms with E-state index in [4.69, 9.17) is 0 Å². The zero-order chi connectivity index (χ0) is 18.3. The number of thiophene rings is 1. The summed E-state index contributed by atoms with van der Waals surface area (Å²) in [7, 11) is 0. The van der Waals surface area contributed by atoms with Crippen LogP contribution in [0.3, 0.4) is 0 Å². The van der Waals surface area contributed by atoms with Crippen LogP contribution in [0.4, 0.5) is 11.4 Å². The Balaban J connectivity index is 1.43. The number of nitrogens with zero attached hydrogens (tertiary/aromatic N) is 2. The van der Waals surface area contributed by atoms with Gasteiger partial charge in [-0.2, -0.15) is 0 Å². The number of carbonyl (C=O) groups is 2. The molecule has 0 bridgehead atoms. The van der Waals surface area contributed by atoms with Crippen LogP contribution in [0.5, 0.6) is 0 Å². The topological polar surface area (TPSA) is 52.7 Å². The highest BCUT2D eigenvalue weighted by molar-refractivity contribution is 7.10. The maximum Gasteiger partial charge on any atom is 0.245 e. The van der Waals surface area contributed by atoms with Crippen molar-refractivity contribution in [2.24, 2.45) is 0 Å². The van der Waals surface area contributed by atoms with E-state index in [9.17, 15) is 9.59 Å². The van der Waals surface area contributed by atoms with Gasteiger partial charge in [0.1, 0.15) is 6.04 Å². The number of hydrogen-bond acceptors (Lipinski definition) is 4. The first-order valence-electron chi connectivity index (χ1n) is 9.04. The monoisotopic (exact) mass is 369 g/mol. The zero-order valence-corrected chi connectivity index (χ0v) is 15.9. The maximum atomic E-state index is 12.8. The van der Waals surface area contributed by atoms with Gasteiger partial charge in [-0.1, -0.05) is 0 Å². The molecular weight excluding hydrogens is 346 g/mol. The Labute approximate surface area is 157 Å². The van der Waals surface area contributed by atoms with Crippen molar-refractivity contribution < 1.29 is 9.59 Å². The van der Waals surface area contributed by atoms with E-state index in [-0.39, 0.29) is 17.9 Å². The molecule has 0 saturated carbocycles. The predicted molar refractivity (Wildman–Crippen MR) is 105 cm³/mol. The van der Waals surface area contributed by atoms with Gasteiger partial charge in [-0.25, -0.2) is 0 Å². The van der Waals surface area contributed by atoms with Crippen LogP contribution in [-0.2, 0) is 29.0 Å². The molecule has 0 spiro atoms. The minimum atomic E-state index is -0.279. The van der Waals surface area contributed by atoms with Crippen molar-refractivity contribution in [3.8, 4) is 0 Å². The van der Waals surface area contributed by atoms with Gasteiger partial charge in [0.15, 0.2) is 0 Å². The van der Waals surface area contributed by atoms with Crippen LogP contribution in [0.2, 0.25) is 0 Å². The molecule has 1 aromatic carbocycles. The molecular formula is C20H23N3O2S. The predicted octanol–water partition coefficient (Wildman–Crippen LogP) is 3.04. The Morgan fingerprint density at radius 1 is 1.15 bits per heavy atom. The average Bonchev–Trinajstić information content (AvgIpc) is 3.26. The second-order valence-electron chi connectivity index (χ2n) is 7.01. The summed E-state index contributed by atoms with van der Waals surface area (Å²) in [4.78, 5) is 29.6. The number of benzene rings is 1. The first kappa shape index (κ1) is 17.1. The van der Waals surface area contributed by atoms with E-state index in [1.807, 2.05) is 24.0 Å². The van der Waals surface area contributed by atoms with Crippen molar-refractivity contribution >= 4 is 34.5 Å². The van der Waals surface area contributed by atoms with Gasteiger partial charge in [0, 0.05) is 42.8 Å². The SMILES string of the molecule is CC(=O)N1CCc2cc(NC(C)C(=O)N3CCc4sccc4C3)ccc21. The minimum Gasteiger partial charge on any atom is -0.374 e. The lowest BCUT2D eigenvalue weighted by molar-refractivity contribution is -0.132. The van der Waals surface area contributed by atoms with E-state index < -0.39 is 0 Å². The van der Waals surface area contributed by atoms with E-state index in [1.54, 1.807) is 23.2 Å². The normalized spacial score (nSPS) is 16.8. The third-order valence-corrected chi connectivity index (χ3v) is 6.25. The molecule has 1 atom stereocenters. The Morgan fingerprint density at radius 2 is 2.00 bits per heavy atom. The minimum absolute atomic E-state index is 0.0749. The highest BCUT2D eigenvalue weighted by Gasteiger charge is 2.26. The molecule has 6 heteroatoms. The molecule has 4 rings (SSSR count). The number of anilines is 2. The molecule has 0 aliphatic carbocycles. The molecule has 5 nitrogen and oxygen atoms in total. The molecule has 0 saturated heterocycles. The summed E-state index contributed by atoms with van der Waals surface area (Å²) in [6.07, 6.45) is 1.81. The summed E-state index contributed by atoms with van der Waals surface area (Å²) < 4.78 is 0. The fourth-order valence-electron chi connectivity index (χ4n) is 3.84. The third-order valence-electron chi connectivity index (χ3n) is 5.23. The van der Waals surface area contributed by atoms with Gasteiger partial charge in [0.2, 0.25) is 11.8 Å². The van der Waals surface area contributed by atoms with Crippen molar-refractivity contribution in [3.05, 3.63) is 45.6 Å². The molecule has 2 aromatic rings. The highest BCUT2D eigenvalue weighted by Crippen LogP contribution is 2.31. The van der Waals surface area contributed by atoms with Crippen molar-refractivity contribution in [2.75, 3.05) is 23.3 Å². The number of fused-ring (bicyclic) bond motifs is 2. The van der Waals surface area contributed by atoms with Crippen LogP contribution in [-0.4, -0.2) is 35.8 Å². The Bertz CT molecular complexity index is 860. The van der Waals surface area contributed by atoms with Gasteiger partial charge in [0.05, 0.1) is 0 Å². The second kappa shape index (κ2) is 6.76. The van der Waals surface area contributed by atoms with Crippen LogP contribution in [0.15, 0.2) is 29.6 Å². The highest BCUT2D eigenvalue weighted by atomic mass is 32.1. The van der Waals surface area contributed by atoms with Gasteiger partial charge in [-0.15, -0.1) is 11.3 Å². The standard InChI is InChI=1S/C20H23N3O2S/c1-13(20(25)22-8-6-19-16(12-22)7-10-26-19)21-17-3-4-18-15(11-17)5-9-23(18)14(2)24/h3-4,7,10-11,13,21H,5-6,8-9,12H2,1-2H3. The first-order chi connectivity index (χ1) is 12.5. The summed E-state index contributed by atoms with van der Waals surface area (Å²) >= 11 is 1.78. The van der Waals surface area contributed by atoms with Gasteiger partial charge >= 0.3 is 0 Å². The smallest absolute Gasteiger partial charge is 0.245 e. The van der Waals surface area contributed by atoms with Gasteiger partial charge in [0.25, 0.3) is 0 Å². The Kier molecular flexibility index (Phi) is 4.44. The quantitative estimate of drug-likeness (QED) is 0.905. The zero-order valence-electron chi connectivity index (χ0n) is 15.1. The fraction of sp³-hybridized carbons (Fsp3) is 0.400. The Hall–Kier alpha value is -2.34. The van der Waals surface area contributed by atoms with Crippen LogP contribution in [0.1, 0.15) is 29.9 Å². The molecule has 2 aliphatic heterocycles. The van der Waals surface area contributed by atoms with Gasteiger partial charge in [-0.05, 0) is 60.5 Å². The molecule has 0 fully saturated rings. The summed E-state index contributed by atoms with van der Waals surface area (Å²) in [5.41, 5.74) is 4.36. The van der Waals surface area contributed by atoms with Crippen molar-refractivity contribution in [2.45, 2.75) is 39.3 Å². The molecule has 1 N–H and O–H groups in total. The Morgan fingerprint density at radius 3 is 2.81 bits per heavy atom. The number of nitrogens with one attached hydrogen (secondary N) is 1. The molecule has 2 aliphatic rings. The molecule has 0 radical (unpaired) electrons. The molecule has 26 heavy (non-hydrogen) atoms. The van der Waals surface area contributed by atoms with Crippen LogP contribution in [0, 0.1) is 0 Å². The third kappa shape index (κ3) is 3.09. The lowest BCUT2D eigenvalue weighted by Crippen LogP contribution is -2.43. The molecule has 2 amide bonds. The number of rotatable bonds is 3. The lowest BCUT2D eigenvalue weighted by atomic mass is 10.1. The second-order valence-corrected chi connectivity index (χ2v) is 8.01. The molecule has 136 valence electrons. The molecule has 1 unspecified atom stereocenters. The van der Waals surface area contributed by atoms with Gasteiger partial charge < -0.3 is 15.1 Å². The van der Waals surface area contributed by atoms with E-state index in [2.05, 4.69) is 22.8 Å². The average molecular weight is 369 g/mol. The lowest BCUT2D eigenvalue weighted by Gasteiger charge is -2.30. The maximum absolute atomic E-state index is 12.8. The summed E-state index contributed by atoms with van der Waals surface area (Å²) in [6.45, 7) is 5.75. The van der Waals surface area contributed by atoms with Crippen molar-refractivity contribution in [3.63, 3.8) is 0 Å². The molecule has 1 aromatic heterocycles. The number of carbonyl (C=O) groups excluding carboxylic acids is 2. The van der Waals surface area contributed by atoms with Crippen LogP contribution < -0.4 is 10.2 Å². The number of amides is 2. The van der Waals surface area contributed by atoms with E-state index >= 15 is 0 Å². The van der Waals surface area contributed by atoms with E-state index in [0.717, 1.165) is 42.9 Å². The van der Waals surface area contributed by atoms with E-state index in [0.29, 0.717) is 6.54 Å². The fourth-order valence-corrected chi connectivity index (χ4v) is 4.73. The van der Waals surface area contributed by atoms with Gasteiger partial charge in [-0.3, -0.25) is 9.59 Å². The van der Waals surface area contributed by atoms with Crippen molar-refractivity contribution in [1.82, 2.24) is 4.90 Å². The van der Waals surface area contributed by atoms with Crippen molar-refractivity contribution in [1.29, 1.82) is 0 Å². The number of hydrogen-bond donors (Lipinski definition) is 1. The van der Waals surface area contributed by atoms with E-state index in [1.165, 1.54) is 10.4 Å². The largest absolute Gasteiger partial charge is 0.374 e. The summed E-state index contributed by atoms with van der Waals surface area (Å²) in [5.74, 6) is 0.207. The summed E-state index contributed by atoms with van der Waals surface area (Å²) in [5, 5.41) is 5.44. The van der Waals surface area contributed by atoms with Crippen LogP contribution in [0.25, 0.3) is 0 Å². The van der Waals surface area contributed by atoms with Crippen LogP contribution >= 0.6 is 11.3 Å². The summed E-state index contributed by atoms with van der Waals surface area (Å²) in [6, 6.07) is 7.84. The first-order valence-corrected chi connectivity index (χ1v) is 9.92.